The summed E-state index contributed by atoms with van der Waals surface area (Å²) < 4.78 is 80.3. The number of anilines is 1. The van der Waals surface area contributed by atoms with Crippen LogP contribution in [0.4, 0.5) is 27.6 Å². The molecule has 0 aliphatic rings. The molecule has 37 heavy (non-hydrogen) atoms. The number of nitrogens with one attached hydrogen (secondary N) is 1. The number of ether oxygens (including phenoxy) is 2. The molecule has 7 nitrogen and oxygen atoms in total. The molecule has 0 radical (unpaired) electrons. The number of alkyl halides is 3. The van der Waals surface area contributed by atoms with Gasteiger partial charge in [0.2, 0.25) is 0 Å². The number of methoxy groups -OCH3 is 1. The number of hydrogen-bond acceptors (Lipinski definition) is 5. The molecule has 0 saturated carbocycles. The van der Waals surface area contributed by atoms with Crippen LogP contribution >= 0.6 is 11.6 Å². The zero-order valence-corrected chi connectivity index (χ0v) is 20.7. The molecule has 3 aromatic rings. The molecule has 1 aromatic heterocycles. The molecule has 0 saturated heterocycles. The second-order valence-corrected chi connectivity index (χ2v) is 8.22. The lowest BCUT2D eigenvalue weighted by Crippen LogP contribution is -2.32. The van der Waals surface area contributed by atoms with Crippen molar-refractivity contribution in [3.63, 3.8) is 0 Å². The van der Waals surface area contributed by atoms with Crippen LogP contribution in [0, 0.1) is 11.6 Å². The molecular weight excluding hydrogens is 525 g/mol. The summed E-state index contributed by atoms with van der Waals surface area (Å²) in [4.78, 5) is 29.4. The standard InChI is InChI=1S/C24H21ClF5N3O4/c1-5-17-20(23(35)36-4)33(3)21(31-17)12-10-18(37-11(2)24(28,29)30)13(9-16(12)27)22(34)32-19-14(25)7-6-8-15(19)26/h6-11H,5H2,1-4H3,(H,32,34). The maximum absolute atomic E-state index is 15.3. The van der Waals surface area contributed by atoms with E-state index in [-0.39, 0.29) is 34.2 Å². The van der Waals surface area contributed by atoms with Crippen LogP contribution in [-0.4, -0.2) is 40.8 Å². The maximum Gasteiger partial charge on any atom is 0.425 e. The molecule has 2 aromatic carbocycles. The first-order valence-electron chi connectivity index (χ1n) is 10.8. The first-order valence-corrected chi connectivity index (χ1v) is 11.1. The summed E-state index contributed by atoms with van der Waals surface area (Å²) >= 11 is 5.91. The predicted octanol–water partition coefficient (Wildman–Crippen LogP) is 5.95. The number of carbonyl (C=O) groups excluding carboxylic acids is 2. The van der Waals surface area contributed by atoms with Crippen LogP contribution in [0.1, 0.15) is 40.4 Å². The monoisotopic (exact) mass is 545 g/mol. The summed E-state index contributed by atoms with van der Waals surface area (Å²) in [6, 6.07) is 5.05. The topological polar surface area (TPSA) is 82.5 Å². The molecule has 1 atom stereocenters. The van der Waals surface area contributed by atoms with Crippen molar-refractivity contribution >= 4 is 29.2 Å². The number of amides is 1. The minimum atomic E-state index is -4.83. The van der Waals surface area contributed by atoms with Crippen molar-refractivity contribution in [1.82, 2.24) is 9.55 Å². The van der Waals surface area contributed by atoms with Gasteiger partial charge >= 0.3 is 12.1 Å². The Morgan fingerprint density at radius 1 is 1.19 bits per heavy atom. The lowest BCUT2D eigenvalue weighted by Gasteiger charge is -2.21. The Labute approximate surface area is 213 Å². The molecule has 3 rings (SSSR count). The Kier molecular flexibility index (Phi) is 8.11. The van der Waals surface area contributed by atoms with E-state index < -0.39 is 52.8 Å². The molecule has 198 valence electrons. The van der Waals surface area contributed by atoms with Crippen LogP contribution in [0.25, 0.3) is 11.4 Å². The van der Waals surface area contributed by atoms with Crippen molar-refractivity contribution in [3.8, 4) is 17.1 Å². The lowest BCUT2D eigenvalue weighted by atomic mass is 10.1. The number of aryl methyl sites for hydroxylation is 1. The van der Waals surface area contributed by atoms with Gasteiger partial charge in [-0.15, -0.1) is 0 Å². The van der Waals surface area contributed by atoms with E-state index in [2.05, 4.69) is 10.3 Å². The van der Waals surface area contributed by atoms with Gasteiger partial charge < -0.3 is 19.4 Å². The Bertz CT molecular complexity index is 1340. The van der Waals surface area contributed by atoms with Gasteiger partial charge in [0.05, 0.1) is 34.6 Å². The number of esters is 1. The second kappa shape index (κ2) is 10.8. The highest BCUT2D eigenvalue weighted by Gasteiger charge is 2.39. The van der Waals surface area contributed by atoms with Crippen molar-refractivity contribution in [2.24, 2.45) is 7.05 Å². The van der Waals surface area contributed by atoms with Gasteiger partial charge in [-0.25, -0.2) is 18.6 Å². The Morgan fingerprint density at radius 2 is 1.86 bits per heavy atom. The van der Waals surface area contributed by atoms with Gasteiger partial charge in [0.15, 0.2) is 11.8 Å². The van der Waals surface area contributed by atoms with Crippen molar-refractivity contribution in [2.75, 3.05) is 12.4 Å². The van der Waals surface area contributed by atoms with Gasteiger partial charge in [-0.2, -0.15) is 13.2 Å². The first kappa shape index (κ1) is 27.9. The third kappa shape index (κ3) is 5.68. The number of para-hydroxylation sites is 1. The average Bonchev–Trinajstić information content (AvgIpc) is 3.17. The SMILES string of the molecule is CCc1nc(-c2cc(OC(C)C(F)(F)F)c(C(=O)Nc3c(F)cccc3Cl)cc2F)n(C)c1C(=O)OC. The van der Waals surface area contributed by atoms with E-state index in [4.69, 9.17) is 21.1 Å². The van der Waals surface area contributed by atoms with E-state index >= 15 is 4.39 Å². The van der Waals surface area contributed by atoms with Crippen LogP contribution in [0.15, 0.2) is 30.3 Å². The zero-order chi connectivity index (χ0) is 27.7. The Morgan fingerprint density at radius 3 is 2.43 bits per heavy atom. The number of imidazole rings is 1. The number of rotatable bonds is 7. The van der Waals surface area contributed by atoms with Crippen LogP contribution < -0.4 is 10.1 Å². The fraction of sp³-hybridized carbons (Fsp3) is 0.292. The summed E-state index contributed by atoms with van der Waals surface area (Å²) in [6.07, 6.45) is -6.96. The highest BCUT2D eigenvalue weighted by atomic mass is 35.5. The highest BCUT2D eigenvalue weighted by Crippen LogP contribution is 2.35. The average molecular weight is 546 g/mol. The number of halogens is 6. The van der Waals surface area contributed by atoms with Gasteiger partial charge in [0.25, 0.3) is 5.91 Å². The summed E-state index contributed by atoms with van der Waals surface area (Å²) in [7, 11) is 2.54. The van der Waals surface area contributed by atoms with Crippen molar-refractivity contribution < 1.29 is 41.0 Å². The van der Waals surface area contributed by atoms with E-state index in [0.29, 0.717) is 13.0 Å². The molecular formula is C24H21ClF5N3O4. The molecule has 1 amide bonds. The van der Waals surface area contributed by atoms with E-state index in [9.17, 15) is 27.2 Å². The predicted molar refractivity (Wildman–Crippen MR) is 125 cm³/mol. The van der Waals surface area contributed by atoms with Gasteiger partial charge in [0.1, 0.15) is 23.2 Å². The molecule has 0 aliphatic heterocycles. The highest BCUT2D eigenvalue weighted by molar-refractivity contribution is 6.34. The van der Waals surface area contributed by atoms with Gasteiger partial charge in [-0.1, -0.05) is 24.6 Å². The molecule has 1 heterocycles. The minimum absolute atomic E-state index is 0.0153. The van der Waals surface area contributed by atoms with E-state index in [0.717, 1.165) is 19.2 Å². The molecule has 0 aliphatic carbocycles. The summed E-state index contributed by atoms with van der Waals surface area (Å²) in [5, 5.41) is 1.95. The van der Waals surface area contributed by atoms with Crippen LogP contribution in [0.2, 0.25) is 5.02 Å². The summed E-state index contributed by atoms with van der Waals surface area (Å²) in [6.45, 7) is 2.39. The number of benzene rings is 2. The normalized spacial score (nSPS) is 12.3. The number of nitrogens with zero attached hydrogens (tertiary/aromatic N) is 2. The molecule has 0 spiro atoms. The number of hydrogen-bond donors (Lipinski definition) is 1. The molecule has 1 N–H and O–H groups in total. The molecule has 13 heteroatoms. The summed E-state index contributed by atoms with van der Waals surface area (Å²) in [5.74, 6) is -4.69. The van der Waals surface area contributed by atoms with E-state index in [1.54, 1.807) is 6.92 Å². The lowest BCUT2D eigenvalue weighted by molar-refractivity contribution is -0.189. The van der Waals surface area contributed by atoms with Gasteiger partial charge in [0, 0.05) is 7.05 Å². The summed E-state index contributed by atoms with van der Waals surface area (Å²) in [5.41, 5.74) is -1.19. The smallest absolute Gasteiger partial charge is 0.425 e. The van der Waals surface area contributed by atoms with Crippen molar-refractivity contribution in [1.29, 1.82) is 0 Å². The third-order valence-corrected chi connectivity index (χ3v) is 5.72. The quantitative estimate of drug-likeness (QED) is 0.293. The Balaban J connectivity index is 2.18. The van der Waals surface area contributed by atoms with Crippen molar-refractivity contribution in [3.05, 3.63) is 63.9 Å². The van der Waals surface area contributed by atoms with Crippen LogP contribution in [0.5, 0.6) is 5.75 Å². The Hall–Kier alpha value is -3.67. The van der Waals surface area contributed by atoms with Gasteiger partial charge in [-0.3, -0.25) is 4.79 Å². The molecule has 0 bridgehead atoms. The van der Waals surface area contributed by atoms with Crippen LogP contribution in [-0.2, 0) is 18.2 Å². The fourth-order valence-corrected chi connectivity index (χ4v) is 3.66. The first-order chi connectivity index (χ1) is 17.3. The fourth-order valence-electron chi connectivity index (χ4n) is 3.45. The zero-order valence-electron chi connectivity index (χ0n) is 20.0. The minimum Gasteiger partial charge on any atom is -0.480 e. The maximum atomic E-state index is 15.3. The van der Waals surface area contributed by atoms with E-state index in [1.165, 1.54) is 23.7 Å². The second-order valence-electron chi connectivity index (χ2n) is 7.82. The van der Waals surface area contributed by atoms with Crippen molar-refractivity contribution in [2.45, 2.75) is 32.5 Å². The van der Waals surface area contributed by atoms with Crippen LogP contribution in [0.3, 0.4) is 0 Å². The number of aromatic nitrogens is 2. The molecule has 0 fully saturated rings. The number of carbonyl (C=O) groups is 2. The third-order valence-electron chi connectivity index (χ3n) is 5.40. The largest absolute Gasteiger partial charge is 0.480 e. The molecule has 1 unspecified atom stereocenters. The van der Waals surface area contributed by atoms with Gasteiger partial charge in [-0.05, 0) is 37.6 Å². The van der Waals surface area contributed by atoms with E-state index in [1.807, 2.05) is 0 Å².